The summed E-state index contributed by atoms with van der Waals surface area (Å²) in [4.78, 5) is 22.1. The van der Waals surface area contributed by atoms with E-state index in [4.69, 9.17) is 41.7 Å². The van der Waals surface area contributed by atoms with E-state index >= 15 is 0 Å². The van der Waals surface area contributed by atoms with Gasteiger partial charge in [0.2, 0.25) is 23.2 Å². The SMILES string of the molecule is CCNC(=O)CSP(=S)(OC)OC.CCNC(=O)CSP(=S)(OC)OC. The van der Waals surface area contributed by atoms with Gasteiger partial charge in [0.25, 0.3) is 0 Å². The smallest absolute Gasteiger partial charge is 0.247 e. The molecule has 0 saturated heterocycles. The minimum atomic E-state index is -2.27. The molecular formula is C12H28N2O6P2S4. The fraction of sp³-hybridized carbons (Fsp3) is 0.833. The molecule has 0 fully saturated rings. The molecule has 14 heteroatoms. The van der Waals surface area contributed by atoms with Crippen LogP contribution in [0, 0.1) is 0 Å². The van der Waals surface area contributed by atoms with Crippen molar-refractivity contribution in [2.24, 2.45) is 0 Å². The molecule has 0 saturated carbocycles. The molecule has 0 aromatic carbocycles. The van der Waals surface area contributed by atoms with Gasteiger partial charge in [0.1, 0.15) is 0 Å². The maximum Gasteiger partial charge on any atom is 0.247 e. The molecule has 0 rings (SSSR count). The van der Waals surface area contributed by atoms with E-state index in [1.54, 1.807) is 0 Å². The molecule has 0 aromatic heterocycles. The molecule has 0 aliphatic carbocycles. The van der Waals surface area contributed by atoms with Gasteiger partial charge in [-0.25, -0.2) is 0 Å². The van der Waals surface area contributed by atoms with Gasteiger partial charge in [-0.05, 0) is 37.5 Å². The summed E-state index contributed by atoms with van der Waals surface area (Å²) in [7, 11) is 5.98. The molecule has 8 nitrogen and oxygen atoms in total. The standard InChI is InChI=1S/2C6H14NO3PS2/c2*1-4-7-6(8)5-13-11(12,9-2)10-3/h2*4-5H2,1-3H3,(H,7,8). The van der Waals surface area contributed by atoms with Crippen LogP contribution in [0.2, 0.25) is 0 Å². The Balaban J connectivity index is 0. The quantitative estimate of drug-likeness (QED) is 0.401. The summed E-state index contributed by atoms with van der Waals surface area (Å²) >= 11 is 12.6. The number of hydrogen-bond donors (Lipinski definition) is 2. The minimum absolute atomic E-state index is 0.0455. The van der Waals surface area contributed by atoms with Crippen LogP contribution in [-0.2, 0) is 51.3 Å². The van der Waals surface area contributed by atoms with Crippen molar-refractivity contribution in [3.05, 3.63) is 0 Å². The molecule has 0 radical (unpaired) electrons. The zero-order valence-electron chi connectivity index (χ0n) is 15.8. The van der Waals surface area contributed by atoms with Crippen molar-refractivity contribution in [1.82, 2.24) is 10.6 Å². The lowest BCUT2D eigenvalue weighted by Gasteiger charge is -2.15. The number of amides is 2. The number of hydrogen-bond acceptors (Lipinski definition) is 10. The first kappa shape index (κ1) is 29.0. The van der Waals surface area contributed by atoms with Gasteiger partial charge in [-0.15, -0.1) is 0 Å². The third-order valence-corrected chi connectivity index (χ3v) is 13.7. The second kappa shape index (κ2) is 16.7. The van der Waals surface area contributed by atoms with Crippen LogP contribution in [0.4, 0.5) is 0 Å². The van der Waals surface area contributed by atoms with E-state index in [0.29, 0.717) is 13.1 Å². The lowest BCUT2D eigenvalue weighted by Crippen LogP contribution is -2.24. The molecule has 0 atom stereocenters. The minimum Gasteiger partial charge on any atom is -0.356 e. The van der Waals surface area contributed by atoms with Gasteiger partial charge in [-0.1, -0.05) is 22.8 Å². The van der Waals surface area contributed by atoms with Crippen LogP contribution in [0.5, 0.6) is 0 Å². The number of rotatable bonds is 12. The highest BCUT2D eigenvalue weighted by atomic mass is 32.9. The van der Waals surface area contributed by atoms with E-state index < -0.39 is 11.4 Å². The monoisotopic (exact) mass is 486 g/mol. The Kier molecular flexibility index (Phi) is 18.6. The van der Waals surface area contributed by atoms with Crippen molar-refractivity contribution in [2.45, 2.75) is 13.8 Å². The Hall–Kier alpha value is 0.780. The topological polar surface area (TPSA) is 95.1 Å². The Bertz CT molecular complexity index is 452. The van der Waals surface area contributed by atoms with Crippen molar-refractivity contribution >= 4 is 69.6 Å². The Morgan fingerprint density at radius 3 is 1.23 bits per heavy atom. The highest BCUT2D eigenvalue weighted by molar-refractivity contribution is 8.68. The van der Waals surface area contributed by atoms with E-state index in [0.717, 1.165) is 0 Å². The van der Waals surface area contributed by atoms with Gasteiger partial charge in [0.05, 0.1) is 11.5 Å². The zero-order valence-corrected chi connectivity index (χ0v) is 20.9. The Morgan fingerprint density at radius 1 is 0.769 bits per heavy atom. The molecular weight excluding hydrogens is 458 g/mol. The molecule has 2 amide bonds. The van der Waals surface area contributed by atoms with E-state index in [1.165, 1.54) is 51.2 Å². The summed E-state index contributed by atoms with van der Waals surface area (Å²) < 4.78 is 20.0. The van der Waals surface area contributed by atoms with Crippen molar-refractivity contribution in [3.8, 4) is 0 Å². The van der Waals surface area contributed by atoms with Crippen LogP contribution in [0.25, 0.3) is 0 Å². The molecule has 0 unspecified atom stereocenters. The molecule has 2 N–H and O–H groups in total. The van der Waals surface area contributed by atoms with Gasteiger partial charge in [0, 0.05) is 41.5 Å². The summed E-state index contributed by atoms with van der Waals surface area (Å²) in [5.74, 6) is 0.478. The highest BCUT2D eigenvalue weighted by Crippen LogP contribution is 2.60. The van der Waals surface area contributed by atoms with Gasteiger partial charge in [-0.3, -0.25) is 9.59 Å². The molecule has 0 aliphatic heterocycles. The molecule has 0 heterocycles. The summed E-state index contributed by atoms with van der Waals surface area (Å²) in [5.41, 5.74) is -4.54. The lowest BCUT2D eigenvalue weighted by atomic mass is 10.6. The van der Waals surface area contributed by atoms with Gasteiger partial charge >= 0.3 is 0 Å². The first-order valence-electron chi connectivity index (χ1n) is 7.41. The molecule has 0 spiro atoms. The normalized spacial score (nSPS) is 11.3. The van der Waals surface area contributed by atoms with Gasteiger partial charge in [0.15, 0.2) is 0 Å². The molecule has 0 bridgehead atoms. The fourth-order valence-electron chi connectivity index (χ4n) is 1.13. The average Bonchev–Trinajstić information content (AvgIpc) is 2.65. The predicted molar refractivity (Wildman–Crippen MR) is 119 cm³/mol. The van der Waals surface area contributed by atoms with Crippen LogP contribution in [0.3, 0.4) is 0 Å². The predicted octanol–water partition coefficient (Wildman–Crippen LogP) is 2.75. The largest absolute Gasteiger partial charge is 0.356 e. The number of carbonyl (C=O) groups excluding carboxylic acids is 2. The fourth-order valence-corrected chi connectivity index (χ4v) is 6.47. The van der Waals surface area contributed by atoms with Crippen molar-refractivity contribution in [2.75, 3.05) is 53.0 Å². The van der Waals surface area contributed by atoms with Crippen molar-refractivity contribution in [1.29, 1.82) is 0 Å². The molecule has 0 aromatic rings. The molecule has 156 valence electrons. The third-order valence-electron chi connectivity index (χ3n) is 2.35. The summed E-state index contributed by atoms with van der Waals surface area (Å²) in [6, 6.07) is 0. The van der Waals surface area contributed by atoms with Crippen LogP contribution < -0.4 is 10.6 Å². The lowest BCUT2D eigenvalue weighted by molar-refractivity contribution is -0.119. The van der Waals surface area contributed by atoms with Crippen LogP contribution in [-0.4, -0.2) is 64.8 Å². The summed E-state index contributed by atoms with van der Waals surface area (Å²) in [5, 5.41) is 5.33. The molecule has 26 heavy (non-hydrogen) atoms. The zero-order chi connectivity index (χ0) is 20.6. The van der Waals surface area contributed by atoms with Gasteiger partial charge in [-0.2, -0.15) is 0 Å². The second-order valence-electron chi connectivity index (χ2n) is 4.08. The van der Waals surface area contributed by atoms with E-state index in [2.05, 4.69) is 10.6 Å². The average molecular weight is 487 g/mol. The van der Waals surface area contributed by atoms with Crippen LogP contribution in [0.1, 0.15) is 13.8 Å². The van der Waals surface area contributed by atoms with Crippen LogP contribution >= 0.6 is 34.2 Å². The number of carbonyl (C=O) groups is 2. The van der Waals surface area contributed by atoms with Crippen LogP contribution in [0.15, 0.2) is 0 Å². The highest BCUT2D eigenvalue weighted by Gasteiger charge is 2.18. The number of nitrogens with one attached hydrogen (secondary N) is 2. The van der Waals surface area contributed by atoms with E-state index in [9.17, 15) is 9.59 Å². The third kappa shape index (κ3) is 14.8. The van der Waals surface area contributed by atoms with Crippen molar-refractivity contribution < 1.29 is 27.7 Å². The van der Waals surface area contributed by atoms with E-state index in [1.807, 2.05) is 13.8 Å². The first-order valence-corrected chi connectivity index (χ1v) is 15.9. The molecule has 0 aliphatic rings. The Morgan fingerprint density at radius 2 is 1.04 bits per heavy atom. The maximum absolute atomic E-state index is 11.1. The van der Waals surface area contributed by atoms with Crippen molar-refractivity contribution in [3.63, 3.8) is 0 Å². The first-order chi connectivity index (χ1) is 12.2. The summed E-state index contributed by atoms with van der Waals surface area (Å²) in [6.45, 7) is 4.99. The maximum atomic E-state index is 11.1. The second-order valence-corrected chi connectivity index (χ2v) is 17.1. The van der Waals surface area contributed by atoms with Gasteiger partial charge < -0.3 is 28.7 Å². The summed E-state index contributed by atoms with van der Waals surface area (Å²) in [6.07, 6.45) is 0. The van der Waals surface area contributed by atoms with E-state index in [-0.39, 0.29) is 23.3 Å². The Labute approximate surface area is 174 Å².